The molecule has 19 heavy (non-hydrogen) atoms. The van der Waals surface area contributed by atoms with E-state index < -0.39 is 0 Å². The normalized spacial score (nSPS) is 12.6. The van der Waals surface area contributed by atoms with Crippen molar-refractivity contribution in [1.29, 1.82) is 0 Å². The van der Waals surface area contributed by atoms with Crippen LogP contribution < -0.4 is 5.32 Å². The van der Waals surface area contributed by atoms with Gasteiger partial charge in [-0.25, -0.2) is 4.39 Å². The van der Waals surface area contributed by atoms with Crippen molar-refractivity contribution in [2.24, 2.45) is 7.05 Å². The smallest absolute Gasteiger partial charge is 0.176 e. The van der Waals surface area contributed by atoms with Crippen molar-refractivity contribution in [1.82, 2.24) is 25.5 Å². The van der Waals surface area contributed by atoms with Gasteiger partial charge in [-0.3, -0.25) is 0 Å². The number of likely N-dealkylation sites (N-methyl/N-ethyl adjacent to an activating group) is 1. The predicted octanol–water partition coefficient (Wildman–Crippen LogP) is 1.55. The Labute approximate surface area is 111 Å². The van der Waals surface area contributed by atoms with Gasteiger partial charge in [-0.1, -0.05) is 13.0 Å². The highest BCUT2D eigenvalue weighted by Crippen LogP contribution is 2.21. The minimum Gasteiger partial charge on any atom is -0.310 e. The number of nitrogens with zero attached hydrogens (tertiary/aromatic N) is 4. The van der Waals surface area contributed by atoms with Gasteiger partial charge in [0.1, 0.15) is 5.82 Å². The first-order valence-electron chi connectivity index (χ1n) is 6.32. The van der Waals surface area contributed by atoms with E-state index in [0.29, 0.717) is 12.2 Å². The van der Waals surface area contributed by atoms with E-state index in [2.05, 4.69) is 20.7 Å². The summed E-state index contributed by atoms with van der Waals surface area (Å²) < 4.78 is 13.2. The Morgan fingerprint density at radius 3 is 2.79 bits per heavy atom. The Kier molecular flexibility index (Phi) is 4.21. The van der Waals surface area contributed by atoms with Gasteiger partial charge < -0.3 is 5.32 Å². The van der Waals surface area contributed by atoms with E-state index in [9.17, 15) is 4.39 Å². The van der Waals surface area contributed by atoms with E-state index >= 15 is 0 Å². The molecule has 1 unspecified atom stereocenters. The summed E-state index contributed by atoms with van der Waals surface area (Å²) >= 11 is 0. The first-order valence-corrected chi connectivity index (χ1v) is 6.32. The number of rotatable bonds is 5. The standard InChI is InChI=1S/C13H18FN5/c1-4-15-12(8-13-16-18-19(3)17-13)11-6-5-10(14)7-9(11)2/h5-7,12,15H,4,8H2,1-3H3. The molecule has 0 aliphatic heterocycles. The van der Waals surface area contributed by atoms with E-state index in [1.165, 1.54) is 10.9 Å². The maximum Gasteiger partial charge on any atom is 0.176 e. The Morgan fingerprint density at radius 1 is 1.42 bits per heavy atom. The maximum atomic E-state index is 13.2. The zero-order valence-electron chi connectivity index (χ0n) is 11.4. The largest absolute Gasteiger partial charge is 0.310 e. The first kappa shape index (κ1) is 13.6. The van der Waals surface area contributed by atoms with Crippen molar-refractivity contribution >= 4 is 0 Å². The second-order valence-corrected chi connectivity index (χ2v) is 4.51. The van der Waals surface area contributed by atoms with Crippen molar-refractivity contribution in [2.75, 3.05) is 6.54 Å². The van der Waals surface area contributed by atoms with Crippen LogP contribution in [0.2, 0.25) is 0 Å². The lowest BCUT2D eigenvalue weighted by Gasteiger charge is -2.18. The second-order valence-electron chi connectivity index (χ2n) is 4.51. The van der Waals surface area contributed by atoms with Gasteiger partial charge in [-0.05, 0) is 41.9 Å². The molecule has 0 fully saturated rings. The van der Waals surface area contributed by atoms with Gasteiger partial charge in [-0.2, -0.15) is 4.80 Å². The summed E-state index contributed by atoms with van der Waals surface area (Å²) in [5.74, 6) is 0.464. The summed E-state index contributed by atoms with van der Waals surface area (Å²) in [6, 6.07) is 4.91. The molecule has 2 aromatic rings. The first-order chi connectivity index (χ1) is 9.10. The minimum absolute atomic E-state index is 0.0646. The highest BCUT2D eigenvalue weighted by molar-refractivity contribution is 5.30. The lowest BCUT2D eigenvalue weighted by molar-refractivity contribution is 0.530. The molecule has 6 heteroatoms. The Morgan fingerprint density at radius 2 is 2.21 bits per heavy atom. The van der Waals surface area contributed by atoms with Gasteiger partial charge >= 0.3 is 0 Å². The lowest BCUT2D eigenvalue weighted by atomic mass is 9.98. The summed E-state index contributed by atoms with van der Waals surface area (Å²) in [7, 11) is 1.74. The number of halogens is 1. The summed E-state index contributed by atoms with van der Waals surface area (Å²) in [6.07, 6.45) is 0.633. The van der Waals surface area contributed by atoms with Crippen molar-refractivity contribution in [3.8, 4) is 0 Å². The van der Waals surface area contributed by atoms with Crippen LogP contribution in [0.25, 0.3) is 0 Å². The van der Waals surface area contributed by atoms with Crippen LogP contribution in [-0.4, -0.2) is 26.8 Å². The van der Waals surface area contributed by atoms with Gasteiger partial charge in [0.2, 0.25) is 0 Å². The molecule has 1 aromatic heterocycles. The van der Waals surface area contributed by atoms with E-state index in [0.717, 1.165) is 17.7 Å². The van der Waals surface area contributed by atoms with Crippen LogP contribution >= 0.6 is 0 Å². The molecular formula is C13H18FN5. The molecule has 0 aliphatic rings. The number of benzene rings is 1. The van der Waals surface area contributed by atoms with Crippen molar-refractivity contribution < 1.29 is 4.39 Å². The fourth-order valence-electron chi connectivity index (χ4n) is 2.16. The molecule has 1 N–H and O–H groups in total. The molecule has 102 valence electrons. The van der Waals surface area contributed by atoms with Gasteiger partial charge in [0.15, 0.2) is 5.82 Å². The number of aryl methyl sites for hydroxylation is 2. The summed E-state index contributed by atoms with van der Waals surface area (Å²) in [5.41, 5.74) is 1.99. The molecule has 0 saturated heterocycles. The van der Waals surface area contributed by atoms with E-state index in [1.54, 1.807) is 13.1 Å². The Balaban J connectivity index is 2.23. The van der Waals surface area contributed by atoms with Gasteiger partial charge in [-0.15, -0.1) is 10.2 Å². The zero-order chi connectivity index (χ0) is 13.8. The van der Waals surface area contributed by atoms with E-state index in [1.807, 2.05) is 19.9 Å². The molecule has 0 aliphatic carbocycles. The average molecular weight is 263 g/mol. The van der Waals surface area contributed by atoms with Crippen LogP contribution in [0.1, 0.15) is 29.9 Å². The van der Waals surface area contributed by atoms with Crippen LogP contribution in [0.5, 0.6) is 0 Å². The van der Waals surface area contributed by atoms with Gasteiger partial charge in [0.25, 0.3) is 0 Å². The second kappa shape index (κ2) is 5.88. The third-order valence-electron chi connectivity index (χ3n) is 2.99. The van der Waals surface area contributed by atoms with Crippen molar-refractivity contribution in [2.45, 2.75) is 26.3 Å². The average Bonchev–Trinajstić information content (AvgIpc) is 2.74. The molecule has 0 radical (unpaired) electrons. The number of hydrogen-bond donors (Lipinski definition) is 1. The fraction of sp³-hybridized carbons (Fsp3) is 0.462. The van der Waals surface area contributed by atoms with E-state index in [-0.39, 0.29) is 11.9 Å². The summed E-state index contributed by atoms with van der Waals surface area (Å²) in [6.45, 7) is 4.77. The van der Waals surface area contributed by atoms with Crippen LogP contribution in [0.4, 0.5) is 4.39 Å². The molecule has 0 saturated carbocycles. The fourth-order valence-corrected chi connectivity index (χ4v) is 2.16. The summed E-state index contributed by atoms with van der Waals surface area (Å²) in [4.78, 5) is 1.44. The molecule has 1 aromatic carbocycles. The molecule has 2 rings (SSSR count). The zero-order valence-corrected chi connectivity index (χ0v) is 11.4. The third kappa shape index (κ3) is 3.35. The third-order valence-corrected chi connectivity index (χ3v) is 2.99. The van der Waals surface area contributed by atoms with Crippen LogP contribution in [0.3, 0.4) is 0 Å². The highest BCUT2D eigenvalue weighted by atomic mass is 19.1. The van der Waals surface area contributed by atoms with Gasteiger partial charge in [0, 0.05) is 12.5 Å². The quantitative estimate of drug-likeness (QED) is 0.889. The SMILES string of the molecule is CCNC(Cc1nnn(C)n1)c1ccc(F)cc1C. The molecular weight excluding hydrogens is 245 g/mol. The van der Waals surface area contributed by atoms with E-state index in [4.69, 9.17) is 0 Å². The van der Waals surface area contributed by atoms with Crippen molar-refractivity contribution in [3.05, 3.63) is 41.0 Å². The molecule has 0 bridgehead atoms. The molecule has 0 spiro atoms. The highest BCUT2D eigenvalue weighted by Gasteiger charge is 2.16. The number of nitrogens with one attached hydrogen (secondary N) is 1. The van der Waals surface area contributed by atoms with Crippen molar-refractivity contribution in [3.63, 3.8) is 0 Å². The van der Waals surface area contributed by atoms with Crippen LogP contribution in [0.15, 0.2) is 18.2 Å². The molecule has 1 heterocycles. The Bertz CT molecular complexity index is 552. The number of hydrogen-bond acceptors (Lipinski definition) is 4. The number of tetrazole rings is 1. The predicted molar refractivity (Wildman–Crippen MR) is 70.1 cm³/mol. The number of aromatic nitrogens is 4. The molecule has 5 nitrogen and oxygen atoms in total. The lowest BCUT2D eigenvalue weighted by Crippen LogP contribution is -2.24. The molecule has 0 amide bonds. The minimum atomic E-state index is -0.214. The monoisotopic (exact) mass is 263 g/mol. The summed E-state index contributed by atoms with van der Waals surface area (Å²) in [5, 5.41) is 15.4. The van der Waals surface area contributed by atoms with Crippen LogP contribution in [0, 0.1) is 12.7 Å². The van der Waals surface area contributed by atoms with Gasteiger partial charge in [0.05, 0.1) is 7.05 Å². The molecule has 1 atom stereocenters. The topological polar surface area (TPSA) is 55.6 Å². The Hall–Kier alpha value is -1.82. The maximum absolute atomic E-state index is 13.2. The van der Waals surface area contributed by atoms with Crippen LogP contribution in [-0.2, 0) is 13.5 Å².